The highest BCUT2D eigenvalue weighted by molar-refractivity contribution is 4.81. The molecule has 0 aromatic heterocycles. The second-order valence-corrected chi connectivity index (χ2v) is 4.47. The summed E-state index contributed by atoms with van der Waals surface area (Å²) in [6.07, 6.45) is 2.73. The molecule has 1 N–H and O–H groups in total. The molecule has 0 amide bonds. The van der Waals surface area contributed by atoms with E-state index in [1.54, 1.807) is 0 Å². The molecular formula is C10H21NO. The molecule has 2 unspecified atom stereocenters. The van der Waals surface area contributed by atoms with Gasteiger partial charge in [-0.3, -0.25) is 5.32 Å². The van der Waals surface area contributed by atoms with Crippen LogP contribution in [0.1, 0.15) is 40.5 Å². The summed E-state index contributed by atoms with van der Waals surface area (Å²) >= 11 is 0. The lowest BCUT2D eigenvalue weighted by atomic mass is 10.0. The zero-order chi connectivity index (χ0) is 9.19. The lowest BCUT2D eigenvalue weighted by Crippen LogP contribution is -2.37. The first kappa shape index (κ1) is 10.0. The maximum absolute atomic E-state index is 5.79. The minimum atomic E-state index is -0.0519. The first-order valence-electron chi connectivity index (χ1n) is 4.95. The fourth-order valence-corrected chi connectivity index (χ4v) is 1.60. The summed E-state index contributed by atoms with van der Waals surface area (Å²) in [6, 6.07) is 0. The van der Waals surface area contributed by atoms with E-state index in [-0.39, 0.29) is 5.72 Å². The summed E-state index contributed by atoms with van der Waals surface area (Å²) in [7, 11) is 0. The van der Waals surface area contributed by atoms with Crippen LogP contribution in [0.4, 0.5) is 0 Å². The van der Waals surface area contributed by atoms with Crippen LogP contribution in [0.25, 0.3) is 0 Å². The first-order chi connectivity index (χ1) is 5.52. The monoisotopic (exact) mass is 171 g/mol. The summed E-state index contributed by atoms with van der Waals surface area (Å²) in [5.41, 5.74) is -0.0519. The Kier molecular flexibility index (Phi) is 3.13. The van der Waals surface area contributed by atoms with Gasteiger partial charge in [0, 0.05) is 6.54 Å². The molecule has 1 heterocycles. The van der Waals surface area contributed by atoms with Gasteiger partial charge in [0.1, 0.15) is 5.72 Å². The predicted molar refractivity (Wildman–Crippen MR) is 51.0 cm³/mol. The lowest BCUT2D eigenvalue weighted by molar-refractivity contribution is -0.0385. The van der Waals surface area contributed by atoms with Gasteiger partial charge >= 0.3 is 0 Å². The molecule has 0 aromatic rings. The molecule has 2 nitrogen and oxygen atoms in total. The van der Waals surface area contributed by atoms with Crippen LogP contribution in [0.3, 0.4) is 0 Å². The van der Waals surface area contributed by atoms with Gasteiger partial charge in [0.15, 0.2) is 0 Å². The third kappa shape index (κ3) is 2.76. The van der Waals surface area contributed by atoms with Gasteiger partial charge in [0.25, 0.3) is 0 Å². The molecule has 2 atom stereocenters. The second kappa shape index (κ2) is 3.75. The Hall–Kier alpha value is -0.0800. The Morgan fingerprint density at radius 3 is 2.67 bits per heavy atom. The second-order valence-electron chi connectivity index (χ2n) is 4.47. The number of ether oxygens (including phenoxy) is 1. The smallest absolute Gasteiger partial charge is 0.116 e. The van der Waals surface area contributed by atoms with Gasteiger partial charge in [-0.1, -0.05) is 13.8 Å². The van der Waals surface area contributed by atoms with E-state index in [1.807, 2.05) is 0 Å². The molecule has 1 rings (SSSR count). The van der Waals surface area contributed by atoms with Gasteiger partial charge in [-0.05, 0) is 32.6 Å². The van der Waals surface area contributed by atoms with Crippen molar-refractivity contribution >= 4 is 0 Å². The predicted octanol–water partition coefficient (Wildman–Crippen LogP) is 2.15. The van der Waals surface area contributed by atoms with E-state index < -0.39 is 0 Å². The van der Waals surface area contributed by atoms with E-state index in [2.05, 4.69) is 33.0 Å². The van der Waals surface area contributed by atoms with Crippen LogP contribution in [0.5, 0.6) is 0 Å². The van der Waals surface area contributed by atoms with Crippen molar-refractivity contribution in [1.82, 2.24) is 5.32 Å². The fraction of sp³-hybridized carbons (Fsp3) is 1.00. The number of hydrogen-bond donors (Lipinski definition) is 1. The van der Waals surface area contributed by atoms with Crippen LogP contribution < -0.4 is 5.32 Å². The third-order valence-corrected chi connectivity index (χ3v) is 2.42. The fourth-order valence-electron chi connectivity index (χ4n) is 1.60. The van der Waals surface area contributed by atoms with Crippen molar-refractivity contribution in [3.8, 4) is 0 Å². The highest BCUT2D eigenvalue weighted by Crippen LogP contribution is 2.23. The first-order valence-corrected chi connectivity index (χ1v) is 4.95. The zero-order valence-electron chi connectivity index (χ0n) is 8.68. The molecule has 1 fully saturated rings. The molecule has 0 aromatic carbocycles. The van der Waals surface area contributed by atoms with Crippen LogP contribution in [-0.2, 0) is 4.74 Å². The molecule has 72 valence electrons. The van der Waals surface area contributed by atoms with Crippen molar-refractivity contribution in [2.24, 2.45) is 5.92 Å². The van der Waals surface area contributed by atoms with Crippen molar-refractivity contribution in [2.45, 2.75) is 52.4 Å². The minimum absolute atomic E-state index is 0.0519. The summed E-state index contributed by atoms with van der Waals surface area (Å²) in [5, 5.41) is 3.42. The topological polar surface area (TPSA) is 21.3 Å². The van der Waals surface area contributed by atoms with Crippen molar-refractivity contribution in [1.29, 1.82) is 0 Å². The van der Waals surface area contributed by atoms with Crippen molar-refractivity contribution < 1.29 is 4.74 Å². The molecule has 0 saturated carbocycles. The van der Waals surface area contributed by atoms with Gasteiger partial charge in [-0.2, -0.15) is 0 Å². The van der Waals surface area contributed by atoms with Crippen LogP contribution in [0.15, 0.2) is 0 Å². The third-order valence-electron chi connectivity index (χ3n) is 2.42. The van der Waals surface area contributed by atoms with Gasteiger partial charge in [-0.25, -0.2) is 0 Å². The molecule has 0 aliphatic carbocycles. The zero-order valence-corrected chi connectivity index (χ0v) is 8.68. The molecule has 1 aliphatic rings. The van der Waals surface area contributed by atoms with Crippen molar-refractivity contribution in [2.75, 3.05) is 6.54 Å². The molecular weight excluding hydrogens is 150 g/mol. The van der Waals surface area contributed by atoms with E-state index in [0.29, 0.717) is 6.10 Å². The standard InChI is InChI=1S/C10H21NO/c1-8(2)5-6-10(4)11-7-9(3)12-10/h8-9,11H,5-7H2,1-4H3. The van der Waals surface area contributed by atoms with Crippen molar-refractivity contribution in [3.05, 3.63) is 0 Å². The van der Waals surface area contributed by atoms with Crippen LogP contribution in [0, 0.1) is 5.92 Å². The average Bonchev–Trinajstić information content (AvgIpc) is 2.29. The van der Waals surface area contributed by atoms with Gasteiger partial charge in [-0.15, -0.1) is 0 Å². The molecule has 0 spiro atoms. The molecule has 2 heteroatoms. The normalized spacial score (nSPS) is 36.2. The molecule has 1 saturated heterocycles. The highest BCUT2D eigenvalue weighted by Gasteiger charge is 2.32. The molecule has 1 aliphatic heterocycles. The molecule has 0 radical (unpaired) electrons. The number of hydrogen-bond acceptors (Lipinski definition) is 2. The summed E-state index contributed by atoms with van der Waals surface area (Å²) < 4.78 is 5.79. The van der Waals surface area contributed by atoms with E-state index >= 15 is 0 Å². The average molecular weight is 171 g/mol. The highest BCUT2D eigenvalue weighted by atomic mass is 16.5. The van der Waals surface area contributed by atoms with Crippen molar-refractivity contribution in [3.63, 3.8) is 0 Å². The van der Waals surface area contributed by atoms with Gasteiger partial charge in [0.05, 0.1) is 6.10 Å². The summed E-state index contributed by atoms with van der Waals surface area (Å²) in [4.78, 5) is 0. The summed E-state index contributed by atoms with van der Waals surface area (Å²) in [6.45, 7) is 9.77. The van der Waals surface area contributed by atoms with E-state index in [1.165, 1.54) is 6.42 Å². The Morgan fingerprint density at radius 1 is 1.58 bits per heavy atom. The van der Waals surface area contributed by atoms with Gasteiger partial charge < -0.3 is 4.74 Å². The van der Waals surface area contributed by atoms with Crippen LogP contribution >= 0.6 is 0 Å². The van der Waals surface area contributed by atoms with Crippen LogP contribution in [0.2, 0.25) is 0 Å². The van der Waals surface area contributed by atoms with Crippen LogP contribution in [-0.4, -0.2) is 18.4 Å². The van der Waals surface area contributed by atoms with E-state index in [0.717, 1.165) is 18.9 Å². The minimum Gasteiger partial charge on any atom is -0.357 e. The maximum Gasteiger partial charge on any atom is 0.116 e. The maximum atomic E-state index is 5.79. The Balaban J connectivity index is 2.30. The Bertz CT molecular complexity index is 147. The SMILES string of the molecule is CC(C)CCC1(C)NCC(C)O1. The lowest BCUT2D eigenvalue weighted by Gasteiger charge is -2.25. The van der Waals surface area contributed by atoms with E-state index in [9.17, 15) is 0 Å². The number of rotatable bonds is 3. The quantitative estimate of drug-likeness (QED) is 0.702. The molecule has 12 heavy (non-hydrogen) atoms. The Morgan fingerprint density at radius 2 is 2.25 bits per heavy atom. The van der Waals surface area contributed by atoms with E-state index in [4.69, 9.17) is 4.74 Å². The summed E-state index contributed by atoms with van der Waals surface area (Å²) in [5.74, 6) is 0.767. The molecule has 0 bridgehead atoms. The Labute approximate surface area is 75.7 Å². The van der Waals surface area contributed by atoms with Gasteiger partial charge in [0.2, 0.25) is 0 Å². The number of nitrogens with one attached hydrogen (secondary N) is 1. The largest absolute Gasteiger partial charge is 0.357 e.